The zero-order valence-electron chi connectivity index (χ0n) is 11.4. The summed E-state index contributed by atoms with van der Waals surface area (Å²) in [4.78, 5) is 11.6. The summed E-state index contributed by atoms with van der Waals surface area (Å²) in [6.07, 6.45) is 1.40. The van der Waals surface area contributed by atoms with E-state index in [1.54, 1.807) is 0 Å². The SMILES string of the molecule is CCC(C)NC(=O)CCNc1ccc(C)cc1N. The second-order valence-corrected chi connectivity index (χ2v) is 4.64. The highest BCUT2D eigenvalue weighted by atomic mass is 16.1. The standard InChI is InChI=1S/C14H23N3O/c1-4-11(3)17-14(18)7-8-16-13-6-5-10(2)9-12(13)15/h5-6,9,11,16H,4,7-8,15H2,1-3H3,(H,17,18). The number of nitrogens with two attached hydrogens (primary N) is 1. The van der Waals surface area contributed by atoms with E-state index in [9.17, 15) is 4.79 Å². The van der Waals surface area contributed by atoms with Gasteiger partial charge >= 0.3 is 0 Å². The molecule has 0 aromatic heterocycles. The van der Waals surface area contributed by atoms with Gasteiger partial charge in [0.15, 0.2) is 0 Å². The molecule has 0 heterocycles. The number of anilines is 2. The molecule has 1 rings (SSSR count). The quantitative estimate of drug-likeness (QED) is 0.678. The van der Waals surface area contributed by atoms with Crippen molar-refractivity contribution in [2.24, 2.45) is 0 Å². The van der Waals surface area contributed by atoms with Crippen molar-refractivity contribution in [2.45, 2.75) is 39.7 Å². The Morgan fingerprint density at radius 1 is 1.44 bits per heavy atom. The van der Waals surface area contributed by atoms with Crippen molar-refractivity contribution >= 4 is 17.3 Å². The summed E-state index contributed by atoms with van der Waals surface area (Å²) in [5.74, 6) is 0.0718. The van der Waals surface area contributed by atoms with Crippen LogP contribution in [0.2, 0.25) is 0 Å². The molecule has 0 bridgehead atoms. The summed E-state index contributed by atoms with van der Waals surface area (Å²) in [5, 5.41) is 6.11. The fourth-order valence-corrected chi connectivity index (χ4v) is 1.60. The molecule has 0 radical (unpaired) electrons. The van der Waals surface area contributed by atoms with E-state index in [4.69, 9.17) is 5.73 Å². The van der Waals surface area contributed by atoms with Crippen molar-refractivity contribution in [1.29, 1.82) is 0 Å². The number of amides is 1. The molecule has 100 valence electrons. The van der Waals surface area contributed by atoms with Gasteiger partial charge in [-0.05, 0) is 38.0 Å². The lowest BCUT2D eigenvalue weighted by atomic mass is 10.2. The summed E-state index contributed by atoms with van der Waals surface area (Å²) in [6.45, 7) is 6.65. The van der Waals surface area contributed by atoms with Crippen molar-refractivity contribution in [1.82, 2.24) is 5.32 Å². The molecule has 0 saturated carbocycles. The topological polar surface area (TPSA) is 67.2 Å². The van der Waals surface area contributed by atoms with Gasteiger partial charge in [0.25, 0.3) is 0 Å². The number of hydrogen-bond acceptors (Lipinski definition) is 3. The number of benzene rings is 1. The lowest BCUT2D eigenvalue weighted by Crippen LogP contribution is -2.32. The van der Waals surface area contributed by atoms with E-state index in [-0.39, 0.29) is 11.9 Å². The van der Waals surface area contributed by atoms with Crippen LogP contribution in [0.25, 0.3) is 0 Å². The van der Waals surface area contributed by atoms with Gasteiger partial charge in [-0.1, -0.05) is 13.0 Å². The fourth-order valence-electron chi connectivity index (χ4n) is 1.60. The third kappa shape index (κ3) is 4.65. The number of carbonyl (C=O) groups excluding carboxylic acids is 1. The van der Waals surface area contributed by atoms with Gasteiger partial charge in [0.05, 0.1) is 11.4 Å². The summed E-state index contributed by atoms with van der Waals surface area (Å²) in [6, 6.07) is 6.10. The maximum absolute atomic E-state index is 11.6. The van der Waals surface area contributed by atoms with Crippen LogP contribution < -0.4 is 16.4 Å². The van der Waals surface area contributed by atoms with E-state index in [0.29, 0.717) is 13.0 Å². The minimum atomic E-state index is 0.0718. The first kappa shape index (κ1) is 14.4. The molecule has 1 aromatic carbocycles. The predicted octanol–water partition coefficient (Wildman–Crippen LogP) is 2.29. The highest BCUT2D eigenvalue weighted by Gasteiger charge is 2.05. The van der Waals surface area contributed by atoms with Gasteiger partial charge in [-0.25, -0.2) is 0 Å². The second kappa shape index (κ2) is 6.89. The molecule has 1 unspecified atom stereocenters. The number of aryl methyl sites for hydroxylation is 1. The average Bonchev–Trinajstić information content (AvgIpc) is 2.31. The Morgan fingerprint density at radius 2 is 2.17 bits per heavy atom. The molecule has 1 aromatic rings. The molecule has 0 fully saturated rings. The number of hydrogen-bond donors (Lipinski definition) is 3. The van der Waals surface area contributed by atoms with Crippen molar-refractivity contribution in [3.8, 4) is 0 Å². The Hall–Kier alpha value is -1.71. The Morgan fingerprint density at radius 3 is 2.78 bits per heavy atom. The normalized spacial score (nSPS) is 11.9. The lowest BCUT2D eigenvalue weighted by molar-refractivity contribution is -0.121. The molecular weight excluding hydrogens is 226 g/mol. The zero-order valence-corrected chi connectivity index (χ0v) is 11.4. The van der Waals surface area contributed by atoms with Gasteiger partial charge in [0.1, 0.15) is 0 Å². The molecule has 4 heteroatoms. The van der Waals surface area contributed by atoms with E-state index in [1.807, 2.05) is 32.0 Å². The number of nitrogens with one attached hydrogen (secondary N) is 2. The van der Waals surface area contributed by atoms with E-state index < -0.39 is 0 Å². The maximum atomic E-state index is 11.6. The van der Waals surface area contributed by atoms with Gasteiger partial charge < -0.3 is 16.4 Å². The Balaban J connectivity index is 2.35. The molecule has 0 aliphatic heterocycles. The predicted molar refractivity (Wildman–Crippen MR) is 76.6 cm³/mol. The monoisotopic (exact) mass is 249 g/mol. The number of carbonyl (C=O) groups is 1. The van der Waals surface area contributed by atoms with Crippen molar-refractivity contribution in [3.63, 3.8) is 0 Å². The molecule has 1 atom stereocenters. The highest BCUT2D eigenvalue weighted by Crippen LogP contribution is 2.19. The largest absolute Gasteiger partial charge is 0.397 e. The molecule has 18 heavy (non-hydrogen) atoms. The minimum Gasteiger partial charge on any atom is -0.397 e. The van der Waals surface area contributed by atoms with Crippen molar-refractivity contribution < 1.29 is 4.79 Å². The molecule has 0 aliphatic carbocycles. The smallest absolute Gasteiger partial charge is 0.221 e. The summed E-state index contributed by atoms with van der Waals surface area (Å²) in [5.41, 5.74) is 8.62. The second-order valence-electron chi connectivity index (χ2n) is 4.64. The molecule has 0 saturated heterocycles. The lowest BCUT2D eigenvalue weighted by Gasteiger charge is -2.13. The molecule has 4 N–H and O–H groups in total. The summed E-state index contributed by atoms with van der Waals surface area (Å²) >= 11 is 0. The van der Waals surface area contributed by atoms with E-state index in [2.05, 4.69) is 17.6 Å². The van der Waals surface area contributed by atoms with Crippen LogP contribution in [0, 0.1) is 6.92 Å². The molecule has 0 aliphatic rings. The number of rotatable bonds is 6. The average molecular weight is 249 g/mol. The van der Waals surface area contributed by atoms with Crippen molar-refractivity contribution in [2.75, 3.05) is 17.6 Å². The Labute approximate surface area is 109 Å². The van der Waals surface area contributed by atoms with Crippen LogP contribution >= 0.6 is 0 Å². The summed E-state index contributed by atoms with van der Waals surface area (Å²) in [7, 11) is 0. The van der Waals surface area contributed by atoms with Gasteiger partial charge in [-0.2, -0.15) is 0 Å². The van der Waals surface area contributed by atoms with Crippen molar-refractivity contribution in [3.05, 3.63) is 23.8 Å². The van der Waals surface area contributed by atoms with E-state index in [0.717, 1.165) is 23.4 Å². The molecular formula is C14H23N3O. The van der Waals surface area contributed by atoms with Crippen LogP contribution in [0.4, 0.5) is 11.4 Å². The number of nitrogen functional groups attached to an aromatic ring is 1. The van der Waals surface area contributed by atoms with Crippen LogP contribution in [0.5, 0.6) is 0 Å². The first-order valence-corrected chi connectivity index (χ1v) is 6.42. The molecule has 4 nitrogen and oxygen atoms in total. The Bertz CT molecular complexity index is 404. The molecule has 1 amide bonds. The first-order valence-electron chi connectivity index (χ1n) is 6.42. The third-order valence-electron chi connectivity index (χ3n) is 2.89. The van der Waals surface area contributed by atoms with E-state index in [1.165, 1.54) is 0 Å². The van der Waals surface area contributed by atoms with Crippen LogP contribution in [0.1, 0.15) is 32.3 Å². The fraction of sp³-hybridized carbons (Fsp3) is 0.500. The summed E-state index contributed by atoms with van der Waals surface area (Å²) < 4.78 is 0. The van der Waals surface area contributed by atoms with Crippen LogP contribution in [-0.2, 0) is 4.79 Å². The van der Waals surface area contributed by atoms with Gasteiger partial charge in [0.2, 0.25) is 5.91 Å². The zero-order chi connectivity index (χ0) is 13.5. The van der Waals surface area contributed by atoms with Gasteiger partial charge in [0, 0.05) is 19.0 Å². The van der Waals surface area contributed by atoms with Crippen LogP contribution in [-0.4, -0.2) is 18.5 Å². The minimum absolute atomic E-state index is 0.0718. The van der Waals surface area contributed by atoms with Gasteiger partial charge in [-0.3, -0.25) is 4.79 Å². The van der Waals surface area contributed by atoms with Crippen LogP contribution in [0.15, 0.2) is 18.2 Å². The third-order valence-corrected chi connectivity index (χ3v) is 2.89. The maximum Gasteiger partial charge on any atom is 0.221 e. The van der Waals surface area contributed by atoms with E-state index >= 15 is 0 Å². The first-order chi connectivity index (χ1) is 8.52. The van der Waals surface area contributed by atoms with Crippen LogP contribution in [0.3, 0.4) is 0 Å². The Kier molecular flexibility index (Phi) is 5.49. The molecule has 0 spiro atoms. The highest BCUT2D eigenvalue weighted by molar-refractivity contribution is 5.77. The van der Waals surface area contributed by atoms with Gasteiger partial charge in [-0.15, -0.1) is 0 Å².